The van der Waals surface area contributed by atoms with Gasteiger partial charge in [0.25, 0.3) is 0 Å². The van der Waals surface area contributed by atoms with E-state index in [9.17, 15) is 5.11 Å². The molecule has 0 aliphatic rings. The Morgan fingerprint density at radius 1 is 1.20 bits per heavy atom. The van der Waals surface area contributed by atoms with Crippen molar-refractivity contribution in [2.45, 2.75) is 26.2 Å². The molecule has 0 aliphatic carbocycles. The summed E-state index contributed by atoms with van der Waals surface area (Å²) >= 11 is 1.81. The molecule has 0 bridgehead atoms. The van der Waals surface area contributed by atoms with Gasteiger partial charge in [-0.2, -0.15) is 0 Å². The SMILES string of the molecule is CCNC(=NCCCc1ccc(O)cc1)N(C)CCc1cccs1.I. The van der Waals surface area contributed by atoms with Crippen molar-refractivity contribution >= 4 is 41.3 Å². The van der Waals surface area contributed by atoms with Gasteiger partial charge in [-0.1, -0.05) is 18.2 Å². The summed E-state index contributed by atoms with van der Waals surface area (Å²) in [4.78, 5) is 8.34. The van der Waals surface area contributed by atoms with Gasteiger partial charge in [0.05, 0.1) is 0 Å². The molecule has 2 N–H and O–H groups in total. The van der Waals surface area contributed by atoms with Crippen LogP contribution in [0.2, 0.25) is 0 Å². The van der Waals surface area contributed by atoms with Crippen LogP contribution in [0.15, 0.2) is 46.8 Å². The van der Waals surface area contributed by atoms with E-state index in [1.54, 1.807) is 23.5 Å². The van der Waals surface area contributed by atoms with Crippen LogP contribution in [-0.4, -0.2) is 42.6 Å². The predicted molar refractivity (Wildman–Crippen MR) is 118 cm³/mol. The molecule has 25 heavy (non-hydrogen) atoms. The molecule has 4 nitrogen and oxygen atoms in total. The lowest BCUT2D eigenvalue weighted by atomic mass is 10.1. The van der Waals surface area contributed by atoms with Crippen molar-refractivity contribution in [2.24, 2.45) is 4.99 Å². The Morgan fingerprint density at radius 2 is 1.96 bits per heavy atom. The van der Waals surface area contributed by atoms with E-state index in [0.717, 1.165) is 44.9 Å². The molecule has 0 saturated heterocycles. The number of hydrogen-bond donors (Lipinski definition) is 2. The Bertz CT molecular complexity index is 614. The van der Waals surface area contributed by atoms with E-state index in [-0.39, 0.29) is 24.0 Å². The van der Waals surface area contributed by atoms with Gasteiger partial charge >= 0.3 is 0 Å². The second-order valence-corrected chi connectivity index (χ2v) is 6.79. The predicted octanol–water partition coefficient (Wildman–Crippen LogP) is 4.14. The van der Waals surface area contributed by atoms with Crippen LogP contribution in [0.4, 0.5) is 0 Å². The van der Waals surface area contributed by atoms with E-state index in [0.29, 0.717) is 5.75 Å². The normalized spacial score (nSPS) is 11.0. The molecule has 0 unspecified atom stereocenters. The highest BCUT2D eigenvalue weighted by atomic mass is 127. The number of benzene rings is 1. The fraction of sp³-hybridized carbons (Fsp3) is 0.421. The Hall–Kier alpha value is -1.28. The maximum atomic E-state index is 9.31. The number of rotatable bonds is 8. The zero-order chi connectivity index (χ0) is 17.2. The highest BCUT2D eigenvalue weighted by molar-refractivity contribution is 14.0. The number of aliphatic imine (C=N–C) groups is 1. The van der Waals surface area contributed by atoms with Gasteiger partial charge in [0.15, 0.2) is 5.96 Å². The van der Waals surface area contributed by atoms with E-state index in [1.165, 1.54) is 10.4 Å². The second-order valence-electron chi connectivity index (χ2n) is 5.76. The van der Waals surface area contributed by atoms with Crippen LogP contribution in [0.1, 0.15) is 23.8 Å². The van der Waals surface area contributed by atoms with E-state index in [4.69, 9.17) is 4.99 Å². The summed E-state index contributed by atoms with van der Waals surface area (Å²) in [7, 11) is 2.09. The fourth-order valence-electron chi connectivity index (χ4n) is 2.44. The van der Waals surface area contributed by atoms with Crippen LogP contribution in [0.25, 0.3) is 0 Å². The van der Waals surface area contributed by atoms with E-state index >= 15 is 0 Å². The van der Waals surface area contributed by atoms with Gasteiger partial charge in [0.2, 0.25) is 0 Å². The van der Waals surface area contributed by atoms with Crippen molar-refractivity contribution in [2.75, 3.05) is 26.7 Å². The third-order valence-corrected chi connectivity index (χ3v) is 4.73. The molecule has 1 aromatic carbocycles. The number of phenolic OH excluding ortho intramolecular Hbond substituents is 1. The average molecular weight is 473 g/mol. The Kier molecular flexibility index (Phi) is 10.6. The van der Waals surface area contributed by atoms with Gasteiger partial charge in [0.1, 0.15) is 5.75 Å². The van der Waals surface area contributed by atoms with Gasteiger partial charge in [-0.25, -0.2) is 0 Å². The average Bonchev–Trinajstić information content (AvgIpc) is 3.10. The van der Waals surface area contributed by atoms with Crippen LogP contribution in [0.3, 0.4) is 0 Å². The van der Waals surface area contributed by atoms with Crippen molar-refractivity contribution in [3.63, 3.8) is 0 Å². The van der Waals surface area contributed by atoms with Crippen molar-refractivity contribution in [1.82, 2.24) is 10.2 Å². The molecule has 0 saturated carbocycles. The van der Waals surface area contributed by atoms with E-state index in [2.05, 4.69) is 41.7 Å². The van der Waals surface area contributed by atoms with Crippen LogP contribution in [-0.2, 0) is 12.8 Å². The third-order valence-electron chi connectivity index (χ3n) is 3.79. The molecular formula is C19H28IN3OS. The molecule has 0 atom stereocenters. The monoisotopic (exact) mass is 473 g/mol. The summed E-state index contributed by atoms with van der Waals surface area (Å²) in [5.41, 5.74) is 1.24. The molecule has 1 heterocycles. The van der Waals surface area contributed by atoms with E-state index in [1.807, 2.05) is 12.1 Å². The molecule has 2 aromatic rings. The first kappa shape index (κ1) is 21.8. The zero-order valence-corrected chi connectivity index (χ0v) is 18.1. The van der Waals surface area contributed by atoms with Gasteiger partial charge in [-0.15, -0.1) is 35.3 Å². The maximum Gasteiger partial charge on any atom is 0.193 e. The Morgan fingerprint density at radius 3 is 2.60 bits per heavy atom. The van der Waals surface area contributed by atoms with Crippen molar-refractivity contribution in [3.8, 4) is 5.75 Å². The largest absolute Gasteiger partial charge is 0.508 e. The third kappa shape index (κ3) is 8.09. The van der Waals surface area contributed by atoms with Crippen LogP contribution in [0.5, 0.6) is 5.75 Å². The minimum atomic E-state index is 0. The Balaban J connectivity index is 0.00000312. The number of thiophene rings is 1. The maximum absolute atomic E-state index is 9.31. The smallest absolute Gasteiger partial charge is 0.193 e. The Labute approximate surface area is 172 Å². The summed E-state index contributed by atoms with van der Waals surface area (Å²) in [6.45, 7) is 4.73. The second kappa shape index (κ2) is 12.1. The van der Waals surface area contributed by atoms with Gasteiger partial charge in [-0.3, -0.25) is 4.99 Å². The minimum Gasteiger partial charge on any atom is -0.508 e. The quantitative estimate of drug-likeness (QED) is 0.262. The fourth-order valence-corrected chi connectivity index (χ4v) is 3.14. The summed E-state index contributed by atoms with van der Waals surface area (Å²) in [6, 6.07) is 11.7. The summed E-state index contributed by atoms with van der Waals surface area (Å²) in [5.74, 6) is 1.29. The lowest BCUT2D eigenvalue weighted by molar-refractivity contribution is 0.475. The van der Waals surface area contributed by atoms with Crippen molar-refractivity contribution in [3.05, 3.63) is 52.2 Å². The number of guanidine groups is 1. The van der Waals surface area contributed by atoms with Gasteiger partial charge < -0.3 is 15.3 Å². The molecule has 0 amide bonds. The highest BCUT2D eigenvalue weighted by Crippen LogP contribution is 2.11. The molecule has 0 aliphatic heterocycles. The van der Waals surface area contributed by atoms with Gasteiger partial charge in [-0.05, 0) is 55.3 Å². The first-order chi connectivity index (χ1) is 11.7. The van der Waals surface area contributed by atoms with E-state index < -0.39 is 0 Å². The molecule has 0 spiro atoms. The summed E-state index contributed by atoms with van der Waals surface area (Å²) in [6.07, 6.45) is 3.02. The van der Waals surface area contributed by atoms with Crippen LogP contribution >= 0.6 is 35.3 Å². The van der Waals surface area contributed by atoms with Gasteiger partial charge in [0, 0.05) is 31.6 Å². The molecule has 138 valence electrons. The number of nitrogens with zero attached hydrogens (tertiary/aromatic N) is 2. The lowest BCUT2D eigenvalue weighted by Gasteiger charge is -2.21. The number of likely N-dealkylation sites (N-methyl/N-ethyl adjacent to an activating group) is 1. The van der Waals surface area contributed by atoms with Crippen molar-refractivity contribution in [1.29, 1.82) is 0 Å². The first-order valence-corrected chi connectivity index (χ1v) is 9.36. The number of aryl methyl sites for hydroxylation is 1. The number of hydrogen-bond acceptors (Lipinski definition) is 3. The van der Waals surface area contributed by atoms with Crippen LogP contribution < -0.4 is 5.32 Å². The topological polar surface area (TPSA) is 47.9 Å². The highest BCUT2D eigenvalue weighted by Gasteiger charge is 2.06. The summed E-state index contributed by atoms with van der Waals surface area (Å²) in [5, 5.41) is 14.8. The van der Waals surface area contributed by atoms with Crippen LogP contribution in [0, 0.1) is 0 Å². The molecular weight excluding hydrogens is 445 g/mol. The number of aromatic hydroxyl groups is 1. The number of halogens is 1. The minimum absolute atomic E-state index is 0. The summed E-state index contributed by atoms with van der Waals surface area (Å²) < 4.78 is 0. The molecule has 0 radical (unpaired) electrons. The van der Waals surface area contributed by atoms with Crippen molar-refractivity contribution < 1.29 is 5.11 Å². The number of phenols is 1. The lowest BCUT2D eigenvalue weighted by Crippen LogP contribution is -2.40. The number of nitrogens with one attached hydrogen (secondary N) is 1. The first-order valence-electron chi connectivity index (χ1n) is 8.48. The molecule has 0 fully saturated rings. The zero-order valence-electron chi connectivity index (χ0n) is 14.9. The molecule has 6 heteroatoms. The molecule has 1 aromatic heterocycles. The molecule has 2 rings (SSSR count). The standard InChI is InChI=1S/C19H27N3OS.HI/c1-3-20-19(22(2)14-12-18-7-5-15-24-18)21-13-4-6-16-8-10-17(23)11-9-16;/h5,7-11,15,23H,3-4,6,12-14H2,1-2H3,(H,20,21);1H.